The second-order valence-electron chi connectivity index (χ2n) is 4.68. The van der Waals surface area contributed by atoms with Gasteiger partial charge in [-0.05, 0) is 42.8 Å². The molecule has 0 aliphatic rings. The van der Waals surface area contributed by atoms with E-state index in [0.29, 0.717) is 11.7 Å². The number of nitrogens with zero attached hydrogens (tertiary/aromatic N) is 2. The predicted octanol–water partition coefficient (Wildman–Crippen LogP) is 4.52. The van der Waals surface area contributed by atoms with Crippen molar-refractivity contribution in [2.75, 3.05) is 12.4 Å². The van der Waals surface area contributed by atoms with E-state index in [1.807, 2.05) is 56.4 Å². The summed E-state index contributed by atoms with van der Waals surface area (Å²) in [7, 11) is 1.87. The third kappa shape index (κ3) is 2.69. The third-order valence-electron chi connectivity index (χ3n) is 3.28. The fourth-order valence-corrected chi connectivity index (χ4v) is 2.68. The van der Waals surface area contributed by atoms with Gasteiger partial charge in [-0.1, -0.05) is 33.2 Å². The van der Waals surface area contributed by atoms with Crippen LogP contribution >= 0.6 is 15.9 Å². The Kier molecular flexibility index (Phi) is 3.75. The summed E-state index contributed by atoms with van der Waals surface area (Å²) in [4.78, 5) is 4.52. The quantitative estimate of drug-likeness (QED) is 0.759. The molecule has 0 saturated carbocycles. The molecule has 0 unspecified atom stereocenters. The fourth-order valence-electron chi connectivity index (χ4n) is 2.21. The van der Waals surface area contributed by atoms with Gasteiger partial charge in [0, 0.05) is 22.8 Å². The zero-order valence-electron chi connectivity index (χ0n) is 11.7. The van der Waals surface area contributed by atoms with Gasteiger partial charge in [-0.2, -0.15) is 4.98 Å². The van der Waals surface area contributed by atoms with Crippen LogP contribution in [-0.2, 0) is 0 Å². The lowest BCUT2D eigenvalue weighted by Gasteiger charge is -2.03. The first-order chi connectivity index (χ1) is 10.2. The Hall–Kier alpha value is -2.14. The van der Waals surface area contributed by atoms with Gasteiger partial charge in [0.1, 0.15) is 0 Å². The molecule has 21 heavy (non-hydrogen) atoms. The lowest BCUT2D eigenvalue weighted by molar-refractivity contribution is 0.432. The Morgan fingerprint density at radius 3 is 2.67 bits per heavy atom. The average Bonchev–Trinajstić information content (AvgIpc) is 2.96. The predicted molar refractivity (Wildman–Crippen MR) is 87.2 cm³/mol. The minimum atomic E-state index is 0.511. The SMILES string of the molecule is CNc1ccccc1-c1nc(-c2ccc(Br)cc2C)no1. The number of aromatic nitrogens is 2. The van der Waals surface area contributed by atoms with Crippen molar-refractivity contribution in [3.63, 3.8) is 0 Å². The van der Waals surface area contributed by atoms with E-state index in [1.165, 1.54) is 0 Å². The molecular formula is C16H14BrN3O. The molecule has 1 heterocycles. The number of halogens is 1. The number of para-hydroxylation sites is 1. The van der Waals surface area contributed by atoms with E-state index in [4.69, 9.17) is 4.52 Å². The first-order valence-electron chi connectivity index (χ1n) is 6.56. The average molecular weight is 344 g/mol. The van der Waals surface area contributed by atoms with E-state index in [2.05, 4.69) is 31.4 Å². The first-order valence-corrected chi connectivity index (χ1v) is 7.35. The number of rotatable bonds is 3. The van der Waals surface area contributed by atoms with Gasteiger partial charge in [-0.3, -0.25) is 0 Å². The number of nitrogens with one attached hydrogen (secondary N) is 1. The molecule has 0 atom stereocenters. The van der Waals surface area contributed by atoms with Crippen molar-refractivity contribution in [3.8, 4) is 22.8 Å². The Labute approximate surface area is 131 Å². The molecule has 0 spiro atoms. The number of hydrogen-bond acceptors (Lipinski definition) is 4. The van der Waals surface area contributed by atoms with Crippen LogP contribution < -0.4 is 5.32 Å². The zero-order valence-corrected chi connectivity index (χ0v) is 13.3. The van der Waals surface area contributed by atoms with Crippen LogP contribution in [0.15, 0.2) is 51.5 Å². The van der Waals surface area contributed by atoms with Crippen molar-refractivity contribution in [2.24, 2.45) is 0 Å². The summed E-state index contributed by atoms with van der Waals surface area (Å²) in [6.45, 7) is 2.03. The van der Waals surface area contributed by atoms with Crippen molar-refractivity contribution >= 4 is 21.6 Å². The molecule has 0 aliphatic heterocycles. The molecule has 5 heteroatoms. The van der Waals surface area contributed by atoms with E-state index in [0.717, 1.165) is 26.9 Å². The Bertz CT molecular complexity index is 783. The minimum Gasteiger partial charge on any atom is -0.387 e. The standard InChI is InChI=1S/C16H14BrN3O/c1-10-9-11(17)7-8-12(10)15-19-16(21-20-15)13-5-3-4-6-14(13)18-2/h3-9,18H,1-2H3. The van der Waals surface area contributed by atoms with Gasteiger partial charge >= 0.3 is 0 Å². The maximum Gasteiger partial charge on any atom is 0.260 e. The fraction of sp³-hybridized carbons (Fsp3) is 0.125. The Balaban J connectivity index is 2.04. The topological polar surface area (TPSA) is 51.0 Å². The maximum atomic E-state index is 5.42. The second-order valence-corrected chi connectivity index (χ2v) is 5.59. The van der Waals surface area contributed by atoms with Gasteiger partial charge in [0.25, 0.3) is 5.89 Å². The van der Waals surface area contributed by atoms with Gasteiger partial charge in [0.05, 0.1) is 5.56 Å². The van der Waals surface area contributed by atoms with Crippen LogP contribution in [0, 0.1) is 6.92 Å². The lowest BCUT2D eigenvalue weighted by Crippen LogP contribution is -1.91. The van der Waals surface area contributed by atoms with Crippen molar-refractivity contribution in [2.45, 2.75) is 6.92 Å². The van der Waals surface area contributed by atoms with Crippen LogP contribution in [0.2, 0.25) is 0 Å². The molecular weight excluding hydrogens is 330 g/mol. The molecule has 3 rings (SSSR count). The molecule has 0 radical (unpaired) electrons. The molecule has 1 aromatic heterocycles. The van der Waals surface area contributed by atoms with Crippen LogP contribution in [0.4, 0.5) is 5.69 Å². The summed E-state index contributed by atoms with van der Waals surface area (Å²) in [6.07, 6.45) is 0. The number of aryl methyl sites for hydroxylation is 1. The molecule has 4 nitrogen and oxygen atoms in total. The summed E-state index contributed by atoms with van der Waals surface area (Å²) in [6, 6.07) is 13.8. The number of anilines is 1. The molecule has 0 aliphatic carbocycles. The van der Waals surface area contributed by atoms with Gasteiger partial charge in [0.15, 0.2) is 0 Å². The molecule has 0 bridgehead atoms. The van der Waals surface area contributed by atoms with Gasteiger partial charge in [0.2, 0.25) is 5.82 Å². The van der Waals surface area contributed by atoms with E-state index in [1.54, 1.807) is 0 Å². The molecule has 3 aromatic rings. The van der Waals surface area contributed by atoms with E-state index in [9.17, 15) is 0 Å². The zero-order chi connectivity index (χ0) is 14.8. The van der Waals surface area contributed by atoms with Crippen LogP contribution in [-0.4, -0.2) is 17.2 Å². The minimum absolute atomic E-state index is 0.511. The molecule has 0 amide bonds. The van der Waals surface area contributed by atoms with E-state index >= 15 is 0 Å². The van der Waals surface area contributed by atoms with Crippen molar-refractivity contribution in [1.29, 1.82) is 0 Å². The van der Waals surface area contributed by atoms with Crippen LogP contribution in [0.25, 0.3) is 22.8 Å². The van der Waals surface area contributed by atoms with E-state index in [-0.39, 0.29) is 0 Å². The van der Waals surface area contributed by atoms with Crippen LogP contribution in [0.1, 0.15) is 5.56 Å². The third-order valence-corrected chi connectivity index (χ3v) is 3.78. The van der Waals surface area contributed by atoms with Crippen molar-refractivity contribution in [1.82, 2.24) is 10.1 Å². The largest absolute Gasteiger partial charge is 0.387 e. The monoisotopic (exact) mass is 343 g/mol. The normalized spacial score (nSPS) is 10.6. The Morgan fingerprint density at radius 1 is 1.10 bits per heavy atom. The summed E-state index contributed by atoms with van der Waals surface area (Å²) in [5, 5.41) is 7.23. The maximum absolute atomic E-state index is 5.42. The molecule has 0 saturated heterocycles. The lowest BCUT2D eigenvalue weighted by atomic mass is 10.1. The summed E-state index contributed by atoms with van der Waals surface area (Å²) in [5.41, 5.74) is 3.92. The smallest absolute Gasteiger partial charge is 0.260 e. The number of benzene rings is 2. The van der Waals surface area contributed by atoms with E-state index < -0.39 is 0 Å². The van der Waals surface area contributed by atoms with Gasteiger partial charge in [-0.25, -0.2) is 0 Å². The molecule has 106 valence electrons. The molecule has 2 aromatic carbocycles. The highest BCUT2D eigenvalue weighted by Gasteiger charge is 2.14. The van der Waals surface area contributed by atoms with Crippen LogP contribution in [0.3, 0.4) is 0 Å². The second kappa shape index (κ2) is 5.69. The highest BCUT2D eigenvalue weighted by molar-refractivity contribution is 9.10. The van der Waals surface area contributed by atoms with Crippen molar-refractivity contribution in [3.05, 3.63) is 52.5 Å². The number of hydrogen-bond donors (Lipinski definition) is 1. The summed E-state index contributed by atoms with van der Waals surface area (Å²) in [5.74, 6) is 1.11. The molecule has 0 fully saturated rings. The van der Waals surface area contributed by atoms with Crippen LogP contribution in [0.5, 0.6) is 0 Å². The van der Waals surface area contributed by atoms with Gasteiger partial charge < -0.3 is 9.84 Å². The van der Waals surface area contributed by atoms with Crippen molar-refractivity contribution < 1.29 is 4.52 Å². The summed E-state index contributed by atoms with van der Waals surface area (Å²) < 4.78 is 6.46. The first kappa shape index (κ1) is 13.8. The molecule has 1 N–H and O–H groups in total. The van der Waals surface area contributed by atoms with Gasteiger partial charge in [-0.15, -0.1) is 0 Å². The summed E-state index contributed by atoms with van der Waals surface area (Å²) >= 11 is 3.46. The highest BCUT2D eigenvalue weighted by atomic mass is 79.9. The highest BCUT2D eigenvalue weighted by Crippen LogP contribution is 2.29. The Morgan fingerprint density at radius 2 is 1.90 bits per heavy atom.